The van der Waals surface area contributed by atoms with E-state index in [1.807, 2.05) is 0 Å². The fraction of sp³-hybridized carbons (Fsp3) is 0.125. The van der Waals surface area contributed by atoms with Crippen LogP contribution in [0.4, 0.5) is 14.5 Å². The van der Waals surface area contributed by atoms with Gasteiger partial charge in [-0.05, 0) is 36.4 Å². The number of para-hydroxylation sites is 1. The van der Waals surface area contributed by atoms with Crippen LogP contribution in [0.15, 0.2) is 53.4 Å². The van der Waals surface area contributed by atoms with Crippen LogP contribution in [0, 0.1) is 0 Å². The Morgan fingerprint density at radius 2 is 1.74 bits per heavy atom. The van der Waals surface area contributed by atoms with Crippen LogP contribution in [0.2, 0.25) is 0 Å². The molecule has 0 aromatic heterocycles. The Kier molecular flexibility index (Phi) is 5.70. The fourth-order valence-electron chi connectivity index (χ4n) is 1.86. The zero-order valence-electron chi connectivity index (χ0n) is 12.1. The zero-order valence-corrected chi connectivity index (χ0v) is 12.9. The highest BCUT2D eigenvalue weighted by atomic mass is 32.2. The average molecular weight is 337 g/mol. The first-order valence-electron chi connectivity index (χ1n) is 6.55. The van der Waals surface area contributed by atoms with E-state index in [9.17, 15) is 18.4 Å². The smallest absolute Gasteiger partial charge is 0.339 e. The van der Waals surface area contributed by atoms with Gasteiger partial charge in [-0.15, -0.1) is 0 Å². The molecular formula is C16H13F2NO3S. The van der Waals surface area contributed by atoms with Crippen molar-refractivity contribution in [1.29, 1.82) is 0 Å². The van der Waals surface area contributed by atoms with Crippen LogP contribution in [0.25, 0.3) is 0 Å². The summed E-state index contributed by atoms with van der Waals surface area (Å²) in [5.41, 5.74) is 0.840. The summed E-state index contributed by atoms with van der Waals surface area (Å²) in [5, 5.41) is 2.61. The van der Waals surface area contributed by atoms with Crippen LogP contribution in [0.5, 0.6) is 0 Å². The molecule has 0 aliphatic rings. The lowest BCUT2D eigenvalue weighted by molar-refractivity contribution is 0.0602. The van der Waals surface area contributed by atoms with Crippen LogP contribution < -0.4 is 5.32 Å². The first-order valence-corrected chi connectivity index (χ1v) is 7.43. The van der Waals surface area contributed by atoms with E-state index in [2.05, 4.69) is 10.1 Å². The summed E-state index contributed by atoms with van der Waals surface area (Å²) in [6.07, 6.45) is 0. The molecule has 2 aromatic carbocycles. The van der Waals surface area contributed by atoms with Crippen molar-refractivity contribution in [3.05, 3.63) is 59.7 Å². The van der Waals surface area contributed by atoms with Gasteiger partial charge in [-0.3, -0.25) is 4.79 Å². The summed E-state index contributed by atoms with van der Waals surface area (Å²) in [4.78, 5) is 24.2. The Labute approximate surface area is 135 Å². The van der Waals surface area contributed by atoms with Crippen LogP contribution in [-0.2, 0) is 4.74 Å². The van der Waals surface area contributed by atoms with Gasteiger partial charge in [0.15, 0.2) is 0 Å². The van der Waals surface area contributed by atoms with Gasteiger partial charge in [0.05, 0.1) is 18.4 Å². The SMILES string of the molecule is COC(=O)c1ccccc1NC(=O)c1ccc(SC(F)F)cc1. The Balaban J connectivity index is 2.15. The molecule has 0 bridgehead atoms. The van der Waals surface area contributed by atoms with E-state index in [0.29, 0.717) is 27.9 Å². The van der Waals surface area contributed by atoms with Crippen LogP contribution in [0.1, 0.15) is 20.7 Å². The van der Waals surface area contributed by atoms with Gasteiger partial charge in [0.1, 0.15) is 0 Å². The molecule has 0 aliphatic carbocycles. The molecule has 23 heavy (non-hydrogen) atoms. The predicted molar refractivity (Wildman–Crippen MR) is 84.0 cm³/mol. The number of anilines is 1. The maximum Gasteiger partial charge on any atom is 0.339 e. The minimum Gasteiger partial charge on any atom is -0.465 e. The van der Waals surface area contributed by atoms with Crippen molar-refractivity contribution in [1.82, 2.24) is 0 Å². The van der Waals surface area contributed by atoms with Gasteiger partial charge in [-0.1, -0.05) is 23.9 Å². The summed E-state index contributed by atoms with van der Waals surface area (Å²) >= 11 is 0.406. The monoisotopic (exact) mass is 337 g/mol. The molecule has 0 spiro atoms. The van der Waals surface area contributed by atoms with Gasteiger partial charge in [-0.25, -0.2) is 4.79 Å². The van der Waals surface area contributed by atoms with Crippen molar-refractivity contribution in [3.63, 3.8) is 0 Å². The van der Waals surface area contributed by atoms with Crippen molar-refractivity contribution in [2.24, 2.45) is 0 Å². The molecular weight excluding hydrogens is 324 g/mol. The molecule has 7 heteroatoms. The summed E-state index contributed by atoms with van der Waals surface area (Å²) in [7, 11) is 1.25. The maximum atomic E-state index is 12.3. The summed E-state index contributed by atoms with van der Waals surface area (Å²) in [6, 6.07) is 12.2. The van der Waals surface area contributed by atoms with Gasteiger partial charge >= 0.3 is 5.97 Å². The molecule has 0 saturated carbocycles. The number of rotatable bonds is 5. The molecule has 120 valence electrons. The van der Waals surface area contributed by atoms with E-state index < -0.39 is 17.6 Å². The number of nitrogens with one attached hydrogen (secondary N) is 1. The van der Waals surface area contributed by atoms with Gasteiger partial charge in [0, 0.05) is 10.5 Å². The molecule has 1 N–H and O–H groups in total. The fourth-order valence-corrected chi connectivity index (χ4v) is 2.36. The van der Waals surface area contributed by atoms with Gasteiger partial charge in [0.25, 0.3) is 11.7 Å². The average Bonchev–Trinajstić information content (AvgIpc) is 2.54. The lowest BCUT2D eigenvalue weighted by atomic mass is 10.1. The number of ether oxygens (including phenoxy) is 1. The van der Waals surface area contributed by atoms with Gasteiger partial charge in [-0.2, -0.15) is 8.78 Å². The Morgan fingerprint density at radius 1 is 1.09 bits per heavy atom. The van der Waals surface area contributed by atoms with E-state index in [1.54, 1.807) is 18.2 Å². The summed E-state index contributed by atoms with van der Waals surface area (Å²) < 4.78 is 29.2. The van der Waals surface area contributed by atoms with Crippen molar-refractivity contribution in [3.8, 4) is 0 Å². The molecule has 1 amide bonds. The number of methoxy groups -OCH3 is 1. The van der Waals surface area contributed by atoms with Gasteiger partial charge in [0.2, 0.25) is 0 Å². The number of benzene rings is 2. The third-order valence-corrected chi connectivity index (χ3v) is 3.64. The second-order valence-corrected chi connectivity index (χ2v) is 5.46. The number of carbonyl (C=O) groups excluding carboxylic acids is 2. The van der Waals surface area contributed by atoms with Crippen LogP contribution in [-0.4, -0.2) is 24.7 Å². The summed E-state index contributed by atoms with van der Waals surface area (Å²) in [5.74, 6) is -3.53. The van der Waals surface area contributed by atoms with Crippen LogP contribution >= 0.6 is 11.8 Å². The highest BCUT2D eigenvalue weighted by molar-refractivity contribution is 7.99. The number of hydrogen-bond donors (Lipinski definition) is 1. The maximum absolute atomic E-state index is 12.3. The number of thioether (sulfide) groups is 1. The third kappa shape index (κ3) is 4.53. The standard InChI is InChI=1S/C16H13F2NO3S/c1-22-15(21)12-4-2-3-5-13(12)19-14(20)10-6-8-11(9-7-10)23-16(17)18/h2-9,16H,1H3,(H,19,20). The molecule has 4 nitrogen and oxygen atoms in total. The molecule has 0 fully saturated rings. The van der Waals surface area contributed by atoms with Crippen molar-refractivity contribution in [2.75, 3.05) is 12.4 Å². The quantitative estimate of drug-likeness (QED) is 0.661. The second kappa shape index (κ2) is 7.73. The summed E-state index contributed by atoms with van der Waals surface area (Å²) in [6.45, 7) is 0. The number of alkyl halides is 2. The minimum atomic E-state index is -2.51. The molecule has 0 aliphatic heterocycles. The Morgan fingerprint density at radius 3 is 2.35 bits per heavy atom. The van der Waals surface area contributed by atoms with Crippen molar-refractivity contribution < 1.29 is 23.1 Å². The largest absolute Gasteiger partial charge is 0.465 e. The molecule has 2 aromatic rings. The van der Waals surface area contributed by atoms with Crippen molar-refractivity contribution >= 4 is 29.3 Å². The zero-order chi connectivity index (χ0) is 16.8. The number of hydrogen-bond acceptors (Lipinski definition) is 4. The molecule has 0 heterocycles. The highest BCUT2D eigenvalue weighted by Gasteiger charge is 2.14. The van der Waals surface area contributed by atoms with E-state index in [0.717, 1.165) is 0 Å². The lowest BCUT2D eigenvalue weighted by Crippen LogP contribution is -2.15. The Hall–Kier alpha value is -2.41. The molecule has 0 atom stereocenters. The first-order chi connectivity index (χ1) is 11.0. The number of carbonyl (C=O) groups is 2. The van der Waals surface area contributed by atoms with Gasteiger partial charge < -0.3 is 10.1 Å². The predicted octanol–water partition coefficient (Wildman–Crippen LogP) is 4.04. The van der Waals surface area contributed by atoms with Crippen LogP contribution in [0.3, 0.4) is 0 Å². The first kappa shape index (κ1) is 17.0. The molecule has 2 rings (SSSR count). The van der Waals surface area contributed by atoms with Crippen molar-refractivity contribution in [2.45, 2.75) is 10.7 Å². The second-order valence-electron chi connectivity index (χ2n) is 4.39. The topological polar surface area (TPSA) is 55.4 Å². The molecule has 0 unspecified atom stereocenters. The number of amides is 1. The highest BCUT2D eigenvalue weighted by Crippen LogP contribution is 2.25. The third-order valence-electron chi connectivity index (χ3n) is 2.92. The van der Waals surface area contributed by atoms with E-state index >= 15 is 0 Å². The normalized spacial score (nSPS) is 10.4. The Bertz CT molecular complexity index is 705. The van der Waals surface area contributed by atoms with E-state index in [1.165, 1.54) is 37.4 Å². The number of halogens is 2. The molecule has 0 saturated heterocycles. The number of esters is 1. The van der Waals surface area contributed by atoms with E-state index in [4.69, 9.17) is 0 Å². The van der Waals surface area contributed by atoms with E-state index in [-0.39, 0.29) is 5.56 Å². The minimum absolute atomic E-state index is 0.230. The molecule has 0 radical (unpaired) electrons. The lowest BCUT2D eigenvalue weighted by Gasteiger charge is -2.10.